The second-order valence-corrected chi connectivity index (χ2v) is 2.24. The van der Waals surface area contributed by atoms with Crippen molar-refractivity contribution in [3.8, 4) is 0 Å². The molecule has 1 unspecified atom stereocenters. The first-order valence-corrected chi connectivity index (χ1v) is 3.53. The van der Waals surface area contributed by atoms with Crippen LogP contribution in [0.1, 0.15) is 0 Å². The van der Waals surface area contributed by atoms with Crippen molar-refractivity contribution < 1.29 is 32.5 Å². The number of hydrogen-bond donors (Lipinski definition) is 1. The van der Waals surface area contributed by atoms with Crippen LogP contribution in [-0.4, -0.2) is 36.8 Å². The van der Waals surface area contributed by atoms with E-state index in [2.05, 4.69) is 16.1 Å². The third-order valence-electron chi connectivity index (χ3n) is 1.02. The van der Waals surface area contributed by atoms with Crippen LogP contribution in [0.15, 0.2) is 12.7 Å². The zero-order chi connectivity index (χ0) is 11.2. The average Bonchev–Trinajstić information content (AvgIpc) is 2.09. The summed E-state index contributed by atoms with van der Waals surface area (Å²) in [5, 5.41) is 8.82. The molecule has 4 nitrogen and oxygen atoms in total. The Morgan fingerprint density at radius 2 is 2.07 bits per heavy atom. The van der Waals surface area contributed by atoms with Crippen molar-refractivity contribution in [3.05, 3.63) is 12.7 Å². The van der Waals surface area contributed by atoms with Crippen molar-refractivity contribution >= 4 is 5.97 Å². The van der Waals surface area contributed by atoms with Gasteiger partial charge >= 0.3 is 12.3 Å². The van der Waals surface area contributed by atoms with E-state index in [0.29, 0.717) is 0 Å². The highest BCUT2D eigenvalue weighted by atomic mass is 19.4. The number of hydrogen-bond acceptors (Lipinski definition) is 4. The summed E-state index contributed by atoms with van der Waals surface area (Å²) in [6.45, 7) is 1.51. The number of halogens is 3. The number of rotatable bonds is 5. The molecule has 14 heavy (non-hydrogen) atoms. The molecule has 0 rings (SSSR count). The Bertz CT molecular complexity index is 202. The highest BCUT2D eigenvalue weighted by Gasteiger charge is 2.30. The van der Waals surface area contributed by atoms with E-state index < -0.39 is 31.6 Å². The Morgan fingerprint density at radius 1 is 1.50 bits per heavy atom. The van der Waals surface area contributed by atoms with Crippen molar-refractivity contribution in [1.29, 1.82) is 0 Å². The third kappa shape index (κ3) is 7.56. The lowest BCUT2D eigenvalue weighted by molar-refractivity contribution is -0.331. The van der Waals surface area contributed by atoms with E-state index in [1.165, 1.54) is 0 Å². The van der Waals surface area contributed by atoms with Crippen LogP contribution in [0.25, 0.3) is 0 Å². The summed E-state index contributed by atoms with van der Waals surface area (Å²) in [4.78, 5) is 10.4. The number of ether oxygens (including phenoxy) is 2. The molecule has 0 heterocycles. The van der Waals surface area contributed by atoms with Gasteiger partial charge < -0.3 is 9.84 Å². The van der Waals surface area contributed by atoms with Gasteiger partial charge in [0.2, 0.25) is 0 Å². The SMILES string of the molecule is C=CC(=O)OCC(O)COC(F)(F)F. The first-order chi connectivity index (χ1) is 6.35. The Labute approximate surface area is 77.9 Å². The highest BCUT2D eigenvalue weighted by Crippen LogP contribution is 2.16. The quantitative estimate of drug-likeness (QED) is 0.538. The number of carbonyl (C=O) groups is 1. The summed E-state index contributed by atoms with van der Waals surface area (Å²) < 4.78 is 41.8. The smallest absolute Gasteiger partial charge is 0.460 e. The molecule has 0 aliphatic carbocycles. The predicted molar refractivity (Wildman–Crippen MR) is 39.2 cm³/mol. The van der Waals surface area contributed by atoms with Gasteiger partial charge in [0.05, 0.1) is 6.61 Å². The molecule has 0 saturated carbocycles. The van der Waals surface area contributed by atoms with Crippen molar-refractivity contribution in [1.82, 2.24) is 0 Å². The van der Waals surface area contributed by atoms with Crippen LogP contribution in [0.5, 0.6) is 0 Å². The fourth-order valence-corrected chi connectivity index (χ4v) is 0.476. The maximum absolute atomic E-state index is 11.4. The Kier molecular flexibility index (Phi) is 5.18. The largest absolute Gasteiger partial charge is 0.522 e. The van der Waals surface area contributed by atoms with Gasteiger partial charge in [0.1, 0.15) is 12.7 Å². The lowest BCUT2D eigenvalue weighted by Gasteiger charge is -2.12. The minimum atomic E-state index is -4.80. The molecule has 0 amide bonds. The van der Waals surface area contributed by atoms with Gasteiger partial charge in [-0.05, 0) is 0 Å². The molecule has 0 bridgehead atoms. The van der Waals surface area contributed by atoms with Crippen LogP contribution in [0, 0.1) is 0 Å². The molecular formula is C7H9F3O4. The summed E-state index contributed by atoms with van der Waals surface area (Å²) in [6, 6.07) is 0. The topological polar surface area (TPSA) is 55.8 Å². The Morgan fingerprint density at radius 3 is 2.50 bits per heavy atom. The minimum Gasteiger partial charge on any atom is -0.460 e. The molecule has 0 aliphatic heterocycles. The molecule has 82 valence electrons. The Balaban J connectivity index is 3.61. The van der Waals surface area contributed by atoms with Gasteiger partial charge in [-0.2, -0.15) is 0 Å². The third-order valence-corrected chi connectivity index (χ3v) is 1.02. The van der Waals surface area contributed by atoms with Crippen LogP contribution >= 0.6 is 0 Å². The molecule has 1 N–H and O–H groups in total. The molecular weight excluding hydrogens is 205 g/mol. The molecule has 7 heteroatoms. The van der Waals surface area contributed by atoms with E-state index in [1.807, 2.05) is 0 Å². The fourth-order valence-electron chi connectivity index (χ4n) is 0.476. The lowest BCUT2D eigenvalue weighted by Crippen LogP contribution is -2.27. The van der Waals surface area contributed by atoms with E-state index in [-0.39, 0.29) is 0 Å². The maximum Gasteiger partial charge on any atom is 0.522 e. The van der Waals surface area contributed by atoms with E-state index in [1.54, 1.807) is 0 Å². The van der Waals surface area contributed by atoms with Gasteiger partial charge in [0, 0.05) is 6.08 Å². The van der Waals surface area contributed by atoms with Crippen molar-refractivity contribution in [2.45, 2.75) is 12.5 Å². The zero-order valence-corrected chi connectivity index (χ0v) is 7.08. The second-order valence-electron chi connectivity index (χ2n) is 2.24. The van der Waals surface area contributed by atoms with Crippen LogP contribution in [0.2, 0.25) is 0 Å². The summed E-state index contributed by atoms with van der Waals surface area (Å²) in [7, 11) is 0. The number of aliphatic hydroxyl groups is 1. The minimum absolute atomic E-state index is 0.569. The molecule has 0 aromatic heterocycles. The Hall–Kier alpha value is -1.08. The van der Waals surface area contributed by atoms with E-state index in [0.717, 1.165) is 6.08 Å². The molecule has 0 aromatic carbocycles. The van der Waals surface area contributed by atoms with Crippen LogP contribution in [0.4, 0.5) is 13.2 Å². The standard InChI is InChI=1S/C7H9F3O4/c1-2-6(12)13-3-5(11)4-14-7(8,9)10/h2,5,11H,1,3-4H2. The highest BCUT2D eigenvalue weighted by molar-refractivity contribution is 5.81. The average molecular weight is 214 g/mol. The molecule has 0 saturated heterocycles. The number of carbonyl (C=O) groups excluding carboxylic acids is 1. The van der Waals surface area contributed by atoms with Gasteiger partial charge in [-0.1, -0.05) is 6.58 Å². The van der Waals surface area contributed by atoms with E-state index in [9.17, 15) is 18.0 Å². The normalized spacial score (nSPS) is 13.4. The zero-order valence-electron chi connectivity index (χ0n) is 7.08. The van der Waals surface area contributed by atoms with Gasteiger partial charge in [0.25, 0.3) is 0 Å². The summed E-state index contributed by atoms with van der Waals surface area (Å²) in [6.07, 6.45) is -5.48. The van der Waals surface area contributed by atoms with E-state index in [4.69, 9.17) is 5.11 Å². The summed E-state index contributed by atoms with van der Waals surface area (Å²) >= 11 is 0. The van der Waals surface area contributed by atoms with Crippen LogP contribution in [-0.2, 0) is 14.3 Å². The van der Waals surface area contributed by atoms with Crippen LogP contribution < -0.4 is 0 Å². The van der Waals surface area contributed by atoms with Gasteiger partial charge in [-0.15, -0.1) is 13.2 Å². The monoisotopic (exact) mass is 214 g/mol. The molecule has 1 atom stereocenters. The van der Waals surface area contributed by atoms with Crippen molar-refractivity contribution in [3.63, 3.8) is 0 Å². The molecule has 0 aliphatic rings. The molecule has 0 radical (unpaired) electrons. The van der Waals surface area contributed by atoms with Crippen molar-refractivity contribution in [2.24, 2.45) is 0 Å². The second kappa shape index (κ2) is 5.61. The predicted octanol–water partition coefficient (Wildman–Crippen LogP) is 0.613. The van der Waals surface area contributed by atoms with Gasteiger partial charge in [-0.3, -0.25) is 4.74 Å². The number of aliphatic hydroxyl groups excluding tert-OH is 1. The summed E-state index contributed by atoms with van der Waals surface area (Å²) in [5.41, 5.74) is 0. The van der Waals surface area contributed by atoms with Crippen LogP contribution in [0.3, 0.4) is 0 Å². The van der Waals surface area contributed by atoms with Gasteiger partial charge in [-0.25, -0.2) is 4.79 Å². The maximum atomic E-state index is 11.4. The molecule has 0 spiro atoms. The number of esters is 1. The molecule has 0 aromatic rings. The molecule has 0 fully saturated rings. The first kappa shape index (κ1) is 12.9. The lowest BCUT2D eigenvalue weighted by atomic mass is 10.4. The fraction of sp³-hybridized carbons (Fsp3) is 0.571. The first-order valence-electron chi connectivity index (χ1n) is 3.53. The number of alkyl halides is 3. The van der Waals surface area contributed by atoms with Gasteiger partial charge in [0.15, 0.2) is 0 Å². The summed E-state index contributed by atoms with van der Waals surface area (Å²) in [5.74, 6) is -0.823. The van der Waals surface area contributed by atoms with E-state index >= 15 is 0 Å². The van der Waals surface area contributed by atoms with Crippen molar-refractivity contribution in [2.75, 3.05) is 13.2 Å².